The van der Waals surface area contributed by atoms with Crippen molar-refractivity contribution in [2.24, 2.45) is 0 Å². The Hall–Kier alpha value is -0.410. The quantitative estimate of drug-likeness (QED) is 0.888. The van der Waals surface area contributed by atoms with E-state index in [-0.39, 0.29) is 5.75 Å². The van der Waals surface area contributed by atoms with Crippen LogP contribution in [0.25, 0.3) is 0 Å². The summed E-state index contributed by atoms with van der Waals surface area (Å²) in [5.74, 6) is 0.761. The van der Waals surface area contributed by atoms with Gasteiger partial charge in [0.2, 0.25) is 0 Å². The smallest absolute Gasteiger partial charge is 0.139 e. The molecule has 13 heavy (non-hydrogen) atoms. The summed E-state index contributed by atoms with van der Waals surface area (Å²) in [5.41, 5.74) is 0.813. The highest BCUT2D eigenvalue weighted by Gasteiger charge is 2.13. The third kappa shape index (κ3) is 1.92. The molecule has 0 amide bonds. The molecule has 0 saturated carbocycles. The summed E-state index contributed by atoms with van der Waals surface area (Å²) in [6.45, 7) is 1.95. The lowest BCUT2D eigenvalue weighted by Crippen LogP contribution is -1.90. The first-order valence-electron chi connectivity index (χ1n) is 3.85. The van der Waals surface area contributed by atoms with Crippen molar-refractivity contribution in [3.63, 3.8) is 0 Å². The molecule has 4 heteroatoms. The van der Waals surface area contributed by atoms with Gasteiger partial charge >= 0.3 is 0 Å². The highest BCUT2D eigenvalue weighted by Crippen LogP contribution is 2.41. The van der Waals surface area contributed by atoms with Crippen molar-refractivity contribution in [2.75, 3.05) is 7.11 Å². The molecular weight excluding hydrogens is 255 g/mol. The second-order valence-electron chi connectivity index (χ2n) is 2.57. The zero-order chi connectivity index (χ0) is 10.0. The fraction of sp³-hybridized carbons (Fsp3) is 0.333. The van der Waals surface area contributed by atoms with Gasteiger partial charge in [0, 0.05) is 0 Å². The Morgan fingerprint density at radius 2 is 2.23 bits per heavy atom. The van der Waals surface area contributed by atoms with Crippen LogP contribution in [0, 0.1) is 0 Å². The van der Waals surface area contributed by atoms with Crippen LogP contribution in [0.3, 0.4) is 0 Å². The largest absolute Gasteiger partial charge is 0.506 e. The fourth-order valence-corrected chi connectivity index (χ4v) is 1.73. The average molecular weight is 266 g/mol. The zero-order valence-electron chi connectivity index (χ0n) is 7.40. The molecule has 0 fully saturated rings. The molecule has 0 bridgehead atoms. The molecular formula is C9H10BrClO2. The average Bonchev–Trinajstić information content (AvgIpc) is 2.15. The molecule has 72 valence electrons. The topological polar surface area (TPSA) is 29.5 Å². The molecule has 0 saturated heterocycles. The summed E-state index contributed by atoms with van der Waals surface area (Å²) >= 11 is 9.10. The van der Waals surface area contributed by atoms with Gasteiger partial charge in [0.1, 0.15) is 16.5 Å². The lowest BCUT2D eigenvalue weighted by Gasteiger charge is -2.10. The third-order valence-corrected chi connectivity index (χ3v) is 3.20. The summed E-state index contributed by atoms with van der Waals surface area (Å²) < 4.78 is 5.54. The highest BCUT2D eigenvalue weighted by molar-refractivity contribution is 9.10. The van der Waals surface area contributed by atoms with E-state index in [1.165, 1.54) is 0 Å². The third-order valence-electron chi connectivity index (χ3n) is 1.83. The molecule has 1 N–H and O–H groups in total. The van der Waals surface area contributed by atoms with Crippen LogP contribution in [0.5, 0.6) is 11.5 Å². The van der Waals surface area contributed by atoms with E-state index in [2.05, 4.69) is 15.9 Å². The molecule has 2 nitrogen and oxygen atoms in total. The Morgan fingerprint density at radius 3 is 2.69 bits per heavy atom. The summed E-state index contributed by atoms with van der Waals surface area (Å²) in [6.07, 6.45) is 0.734. The second-order valence-corrected chi connectivity index (χ2v) is 3.74. The monoisotopic (exact) mass is 264 g/mol. The van der Waals surface area contributed by atoms with Crippen LogP contribution in [0.1, 0.15) is 12.5 Å². The van der Waals surface area contributed by atoms with Crippen LogP contribution in [-0.4, -0.2) is 12.2 Å². The Balaban J connectivity index is 3.36. The number of hydrogen-bond donors (Lipinski definition) is 1. The van der Waals surface area contributed by atoms with E-state index >= 15 is 0 Å². The van der Waals surface area contributed by atoms with E-state index in [0.717, 1.165) is 12.0 Å². The first kappa shape index (κ1) is 10.7. The molecule has 0 atom stereocenters. The van der Waals surface area contributed by atoms with Crippen molar-refractivity contribution in [3.8, 4) is 11.5 Å². The molecule has 0 heterocycles. The Kier molecular flexibility index (Phi) is 3.45. The lowest BCUT2D eigenvalue weighted by molar-refractivity contribution is 0.410. The van der Waals surface area contributed by atoms with Crippen LogP contribution in [0.4, 0.5) is 0 Å². The Labute approximate surface area is 90.6 Å². The number of halogens is 2. The van der Waals surface area contributed by atoms with Crippen LogP contribution < -0.4 is 4.74 Å². The lowest BCUT2D eigenvalue weighted by atomic mass is 10.1. The van der Waals surface area contributed by atoms with Crippen molar-refractivity contribution in [3.05, 3.63) is 21.1 Å². The van der Waals surface area contributed by atoms with E-state index < -0.39 is 0 Å². The number of ether oxygens (including phenoxy) is 1. The molecule has 0 unspecified atom stereocenters. The SMILES string of the molecule is CCc1cc(OC)c(Cl)c(Br)c1O. The molecule has 0 radical (unpaired) electrons. The predicted octanol–water partition coefficient (Wildman–Crippen LogP) is 3.38. The zero-order valence-corrected chi connectivity index (χ0v) is 9.74. The summed E-state index contributed by atoms with van der Waals surface area (Å²) in [7, 11) is 1.55. The van der Waals surface area contributed by atoms with Crippen LogP contribution in [0.15, 0.2) is 10.5 Å². The van der Waals surface area contributed by atoms with E-state index in [1.807, 2.05) is 6.92 Å². The second kappa shape index (κ2) is 4.20. The number of aromatic hydroxyl groups is 1. The standard InChI is InChI=1S/C9H10BrClO2/c1-3-5-4-6(13-2)8(11)7(10)9(5)12/h4,12H,3H2,1-2H3. The number of hydrogen-bond acceptors (Lipinski definition) is 2. The molecule has 0 aliphatic heterocycles. The van der Waals surface area contributed by atoms with E-state index in [4.69, 9.17) is 16.3 Å². The molecule has 0 spiro atoms. The Bertz CT molecular complexity index is 298. The van der Waals surface area contributed by atoms with Crippen molar-refractivity contribution >= 4 is 27.5 Å². The molecule has 1 aromatic carbocycles. The van der Waals surface area contributed by atoms with Gasteiger partial charge in [-0.05, 0) is 34.0 Å². The first-order valence-corrected chi connectivity index (χ1v) is 5.02. The maximum Gasteiger partial charge on any atom is 0.139 e. The molecule has 0 aliphatic rings. The summed E-state index contributed by atoms with van der Waals surface area (Å²) in [5, 5.41) is 10.0. The van der Waals surface area contributed by atoms with Crippen molar-refractivity contribution in [2.45, 2.75) is 13.3 Å². The molecule has 1 rings (SSSR count). The van der Waals surface area contributed by atoms with Crippen molar-refractivity contribution in [1.82, 2.24) is 0 Å². The summed E-state index contributed by atoms with van der Waals surface area (Å²) in [6, 6.07) is 1.74. The minimum atomic E-state index is 0.188. The minimum Gasteiger partial charge on any atom is -0.506 e. The first-order chi connectivity index (χ1) is 6.11. The number of aryl methyl sites for hydroxylation is 1. The minimum absolute atomic E-state index is 0.188. The van der Waals surface area contributed by atoms with Gasteiger partial charge in [-0.3, -0.25) is 0 Å². The van der Waals surface area contributed by atoms with Crippen LogP contribution in [0.2, 0.25) is 5.02 Å². The highest BCUT2D eigenvalue weighted by atomic mass is 79.9. The van der Waals surface area contributed by atoms with Crippen LogP contribution in [-0.2, 0) is 6.42 Å². The summed E-state index contributed by atoms with van der Waals surface area (Å²) in [4.78, 5) is 0. The van der Waals surface area contributed by atoms with Crippen molar-refractivity contribution < 1.29 is 9.84 Å². The van der Waals surface area contributed by atoms with Gasteiger partial charge in [-0.1, -0.05) is 18.5 Å². The van der Waals surface area contributed by atoms with Crippen molar-refractivity contribution in [1.29, 1.82) is 0 Å². The normalized spacial score (nSPS) is 10.2. The maximum atomic E-state index is 9.61. The van der Waals surface area contributed by atoms with Gasteiger partial charge in [-0.25, -0.2) is 0 Å². The van der Waals surface area contributed by atoms with E-state index in [1.54, 1.807) is 13.2 Å². The van der Waals surface area contributed by atoms with Crippen LogP contribution >= 0.6 is 27.5 Å². The van der Waals surface area contributed by atoms with Gasteiger partial charge in [-0.2, -0.15) is 0 Å². The molecule has 1 aromatic rings. The van der Waals surface area contributed by atoms with Gasteiger partial charge < -0.3 is 9.84 Å². The van der Waals surface area contributed by atoms with Gasteiger partial charge in [0.25, 0.3) is 0 Å². The van der Waals surface area contributed by atoms with Gasteiger partial charge in [-0.15, -0.1) is 0 Å². The number of rotatable bonds is 2. The predicted molar refractivity (Wildman–Crippen MR) is 56.7 cm³/mol. The number of phenolic OH excluding ortho intramolecular Hbond substituents is 1. The van der Waals surface area contributed by atoms with E-state index in [0.29, 0.717) is 15.2 Å². The fourth-order valence-electron chi connectivity index (χ4n) is 1.06. The number of phenols is 1. The van der Waals surface area contributed by atoms with Gasteiger partial charge in [0.05, 0.1) is 11.6 Å². The molecule has 0 aromatic heterocycles. The number of methoxy groups -OCH3 is 1. The number of benzene rings is 1. The maximum absolute atomic E-state index is 9.61. The Morgan fingerprint density at radius 1 is 1.62 bits per heavy atom. The van der Waals surface area contributed by atoms with Gasteiger partial charge in [0.15, 0.2) is 0 Å². The molecule has 0 aliphatic carbocycles. The van der Waals surface area contributed by atoms with E-state index in [9.17, 15) is 5.11 Å².